The van der Waals surface area contributed by atoms with Crippen LogP contribution in [0.3, 0.4) is 0 Å². The van der Waals surface area contributed by atoms with Gasteiger partial charge in [-0.25, -0.2) is 0 Å². The van der Waals surface area contributed by atoms with Crippen molar-refractivity contribution in [3.05, 3.63) is 47.0 Å². The molecular formula is C14H12ClNO3. The van der Waals surface area contributed by atoms with Gasteiger partial charge in [0.15, 0.2) is 11.5 Å². The van der Waals surface area contributed by atoms with Gasteiger partial charge < -0.3 is 19.9 Å². The molecule has 0 saturated carbocycles. The van der Waals surface area contributed by atoms with Crippen molar-refractivity contribution < 1.29 is 14.2 Å². The monoisotopic (exact) mass is 277 g/mol. The number of nitrogens with two attached hydrogens (primary N) is 1. The number of halogens is 1. The molecule has 1 aliphatic rings. The Bertz CT molecular complexity index is 616. The SMILES string of the molecule is Nc1ccc(Cl)cc1OCc1ccc2c(c1)OCO2. The van der Waals surface area contributed by atoms with Crippen molar-refractivity contribution in [3.8, 4) is 17.2 Å². The summed E-state index contributed by atoms with van der Waals surface area (Å²) in [5.74, 6) is 2.07. The largest absolute Gasteiger partial charge is 0.487 e. The molecule has 2 aromatic carbocycles. The average molecular weight is 278 g/mol. The summed E-state index contributed by atoms with van der Waals surface area (Å²) in [7, 11) is 0. The maximum atomic E-state index is 5.90. The van der Waals surface area contributed by atoms with E-state index in [1.807, 2.05) is 18.2 Å². The number of nitrogen functional groups attached to an aromatic ring is 1. The number of benzene rings is 2. The second-order valence-corrected chi connectivity index (χ2v) is 4.59. The Balaban J connectivity index is 1.74. The number of hydrogen-bond acceptors (Lipinski definition) is 4. The first-order valence-electron chi connectivity index (χ1n) is 5.79. The Kier molecular flexibility index (Phi) is 3.09. The van der Waals surface area contributed by atoms with Crippen LogP contribution in [-0.4, -0.2) is 6.79 Å². The summed E-state index contributed by atoms with van der Waals surface area (Å²) < 4.78 is 16.2. The van der Waals surface area contributed by atoms with Gasteiger partial charge in [0.2, 0.25) is 6.79 Å². The minimum atomic E-state index is 0.265. The summed E-state index contributed by atoms with van der Waals surface area (Å²) >= 11 is 5.90. The zero-order valence-electron chi connectivity index (χ0n) is 10.1. The molecule has 98 valence electrons. The first kappa shape index (κ1) is 12.0. The first-order chi connectivity index (χ1) is 9.22. The lowest BCUT2D eigenvalue weighted by molar-refractivity contribution is 0.174. The van der Waals surface area contributed by atoms with Gasteiger partial charge in [0.05, 0.1) is 5.69 Å². The number of ether oxygens (including phenoxy) is 3. The van der Waals surface area contributed by atoms with Crippen LogP contribution in [-0.2, 0) is 6.61 Å². The molecule has 1 heterocycles. The van der Waals surface area contributed by atoms with E-state index < -0.39 is 0 Å². The molecule has 0 amide bonds. The van der Waals surface area contributed by atoms with E-state index >= 15 is 0 Å². The molecular weight excluding hydrogens is 266 g/mol. The van der Waals surface area contributed by atoms with Crippen LogP contribution in [0.4, 0.5) is 5.69 Å². The summed E-state index contributed by atoms with van der Waals surface area (Å²) in [5.41, 5.74) is 7.35. The van der Waals surface area contributed by atoms with Crippen molar-refractivity contribution >= 4 is 17.3 Å². The standard InChI is InChI=1S/C14H12ClNO3/c15-10-2-3-11(16)13(6-10)17-7-9-1-4-12-14(5-9)19-8-18-12/h1-6H,7-8,16H2. The van der Waals surface area contributed by atoms with Gasteiger partial charge in [-0.15, -0.1) is 0 Å². The topological polar surface area (TPSA) is 53.7 Å². The van der Waals surface area contributed by atoms with E-state index in [4.69, 9.17) is 31.5 Å². The lowest BCUT2D eigenvalue weighted by Gasteiger charge is -2.09. The molecule has 19 heavy (non-hydrogen) atoms. The molecule has 3 rings (SSSR count). The Morgan fingerprint density at radius 1 is 1.11 bits per heavy atom. The van der Waals surface area contributed by atoms with Gasteiger partial charge in [-0.3, -0.25) is 0 Å². The van der Waals surface area contributed by atoms with Gasteiger partial charge in [0.25, 0.3) is 0 Å². The van der Waals surface area contributed by atoms with E-state index in [-0.39, 0.29) is 6.79 Å². The second-order valence-electron chi connectivity index (χ2n) is 4.16. The molecule has 2 N–H and O–H groups in total. The lowest BCUT2D eigenvalue weighted by atomic mass is 10.2. The Morgan fingerprint density at radius 3 is 2.84 bits per heavy atom. The summed E-state index contributed by atoms with van der Waals surface area (Å²) in [6, 6.07) is 10.8. The molecule has 0 aliphatic carbocycles. The van der Waals surface area contributed by atoms with E-state index in [0.717, 1.165) is 17.1 Å². The van der Waals surface area contributed by atoms with E-state index in [0.29, 0.717) is 23.1 Å². The van der Waals surface area contributed by atoms with Gasteiger partial charge in [0.1, 0.15) is 12.4 Å². The van der Waals surface area contributed by atoms with Crippen LogP contribution in [0, 0.1) is 0 Å². The van der Waals surface area contributed by atoms with Crippen LogP contribution in [0.5, 0.6) is 17.2 Å². The molecule has 0 radical (unpaired) electrons. The van der Waals surface area contributed by atoms with Crippen LogP contribution in [0.2, 0.25) is 5.02 Å². The third-order valence-corrected chi connectivity index (χ3v) is 3.04. The fourth-order valence-electron chi connectivity index (χ4n) is 1.83. The maximum absolute atomic E-state index is 5.90. The average Bonchev–Trinajstić information content (AvgIpc) is 2.87. The van der Waals surface area contributed by atoms with Crippen LogP contribution >= 0.6 is 11.6 Å². The Hall–Kier alpha value is -2.07. The fourth-order valence-corrected chi connectivity index (χ4v) is 1.99. The lowest BCUT2D eigenvalue weighted by Crippen LogP contribution is -1.98. The summed E-state index contributed by atoms with van der Waals surface area (Å²) in [4.78, 5) is 0. The van der Waals surface area contributed by atoms with E-state index in [1.54, 1.807) is 18.2 Å². The zero-order valence-corrected chi connectivity index (χ0v) is 10.8. The highest BCUT2D eigenvalue weighted by Gasteiger charge is 2.13. The van der Waals surface area contributed by atoms with E-state index in [1.165, 1.54) is 0 Å². The number of rotatable bonds is 3. The Labute approximate surface area is 115 Å². The molecule has 0 unspecified atom stereocenters. The molecule has 0 spiro atoms. The third kappa shape index (κ3) is 2.53. The van der Waals surface area contributed by atoms with Gasteiger partial charge >= 0.3 is 0 Å². The minimum Gasteiger partial charge on any atom is -0.487 e. The van der Waals surface area contributed by atoms with Crippen LogP contribution in [0.25, 0.3) is 0 Å². The van der Waals surface area contributed by atoms with Crippen molar-refractivity contribution in [2.45, 2.75) is 6.61 Å². The second kappa shape index (κ2) is 4.90. The predicted octanol–water partition coefficient (Wildman–Crippen LogP) is 3.23. The Morgan fingerprint density at radius 2 is 1.95 bits per heavy atom. The summed E-state index contributed by atoms with van der Waals surface area (Å²) in [5, 5.41) is 0.592. The molecule has 0 fully saturated rings. The van der Waals surface area contributed by atoms with Crippen molar-refractivity contribution in [2.75, 3.05) is 12.5 Å². The van der Waals surface area contributed by atoms with Crippen molar-refractivity contribution in [1.82, 2.24) is 0 Å². The molecule has 0 saturated heterocycles. The van der Waals surface area contributed by atoms with Crippen molar-refractivity contribution in [1.29, 1.82) is 0 Å². The van der Waals surface area contributed by atoms with Gasteiger partial charge in [-0.05, 0) is 29.8 Å². The summed E-state index contributed by atoms with van der Waals surface area (Å²) in [6.45, 7) is 0.655. The van der Waals surface area contributed by atoms with Crippen LogP contribution in [0.1, 0.15) is 5.56 Å². The van der Waals surface area contributed by atoms with Gasteiger partial charge in [-0.2, -0.15) is 0 Å². The fraction of sp³-hybridized carbons (Fsp3) is 0.143. The van der Waals surface area contributed by atoms with Crippen LogP contribution in [0.15, 0.2) is 36.4 Å². The van der Waals surface area contributed by atoms with Crippen molar-refractivity contribution in [2.24, 2.45) is 0 Å². The minimum absolute atomic E-state index is 0.265. The summed E-state index contributed by atoms with van der Waals surface area (Å²) in [6.07, 6.45) is 0. The highest BCUT2D eigenvalue weighted by atomic mass is 35.5. The molecule has 0 bridgehead atoms. The molecule has 0 atom stereocenters. The zero-order chi connectivity index (χ0) is 13.2. The molecule has 2 aromatic rings. The molecule has 0 aromatic heterocycles. The number of hydrogen-bond donors (Lipinski definition) is 1. The number of fused-ring (bicyclic) bond motifs is 1. The highest BCUT2D eigenvalue weighted by Crippen LogP contribution is 2.33. The third-order valence-electron chi connectivity index (χ3n) is 2.81. The van der Waals surface area contributed by atoms with Crippen LogP contribution < -0.4 is 19.9 Å². The normalized spacial score (nSPS) is 12.5. The molecule has 5 heteroatoms. The predicted molar refractivity (Wildman–Crippen MR) is 72.8 cm³/mol. The van der Waals surface area contributed by atoms with E-state index in [9.17, 15) is 0 Å². The number of anilines is 1. The van der Waals surface area contributed by atoms with Gasteiger partial charge in [0, 0.05) is 11.1 Å². The smallest absolute Gasteiger partial charge is 0.231 e. The highest BCUT2D eigenvalue weighted by molar-refractivity contribution is 6.30. The van der Waals surface area contributed by atoms with E-state index in [2.05, 4.69) is 0 Å². The maximum Gasteiger partial charge on any atom is 0.231 e. The quantitative estimate of drug-likeness (QED) is 0.875. The van der Waals surface area contributed by atoms with Gasteiger partial charge in [-0.1, -0.05) is 17.7 Å². The van der Waals surface area contributed by atoms with Crippen molar-refractivity contribution in [3.63, 3.8) is 0 Å². The molecule has 4 nitrogen and oxygen atoms in total. The molecule has 1 aliphatic heterocycles. The first-order valence-corrected chi connectivity index (χ1v) is 6.16.